The van der Waals surface area contributed by atoms with Gasteiger partial charge in [0.25, 0.3) is 5.91 Å². The second-order valence-corrected chi connectivity index (χ2v) is 6.29. The van der Waals surface area contributed by atoms with E-state index in [1.807, 2.05) is 37.3 Å². The van der Waals surface area contributed by atoms with Gasteiger partial charge in [-0.15, -0.1) is 5.10 Å². The molecule has 1 aromatic carbocycles. The lowest BCUT2D eigenvalue weighted by Gasteiger charge is -2.13. The van der Waals surface area contributed by atoms with Crippen LogP contribution >= 0.6 is 0 Å². The number of hydrogen-bond donors (Lipinski definition) is 2. The van der Waals surface area contributed by atoms with Gasteiger partial charge in [-0.25, -0.2) is 9.48 Å². The van der Waals surface area contributed by atoms with E-state index in [2.05, 4.69) is 20.6 Å². The molecule has 0 aliphatic heterocycles. The fourth-order valence-electron chi connectivity index (χ4n) is 2.93. The Hall–Kier alpha value is -3.29. The van der Waals surface area contributed by atoms with Crippen molar-refractivity contribution in [1.29, 1.82) is 0 Å². The average Bonchev–Trinajstić information content (AvgIpc) is 3.05. The van der Waals surface area contributed by atoms with E-state index in [1.165, 1.54) is 0 Å². The first-order valence-electron chi connectivity index (χ1n) is 8.83. The smallest absolute Gasteiger partial charge is 0.326 e. The van der Waals surface area contributed by atoms with Gasteiger partial charge in [-0.1, -0.05) is 31.0 Å². The maximum absolute atomic E-state index is 12.5. The molecular formula is C19H21N5O3. The third kappa shape index (κ3) is 3.79. The molecule has 0 aliphatic carbocycles. The monoisotopic (exact) mass is 367 g/mol. The standard InChI is InChI=1S/C19H21N5O3/c1-3-4-8-15(19(26)27)21-18(25)17-12(2)24(23-22-17)16-10-5-9-14-13(16)7-6-11-20-14/h5-7,9-11,15H,3-4,8H2,1-2H3,(H,21,25)(H,26,27). The number of benzene rings is 1. The summed E-state index contributed by atoms with van der Waals surface area (Å²) in [6, 6.07) is 8.43. The number of nitrogens with one attached hydrogen (secondary N) is 1. The number of amides is 1. The van der Waals surface area contributed by atoms with Crippen LogP contribution in [0.1, 0.15) is 42.4 Å². The van der Waals surface area contributed by atoms with E-state index in [4.69, 9.17) is 0 Å². The number of rotatable bonds is 7. The van der Waals surface area contributed by atoms with Crippen molar-refractivity contribution >= 4 is 22.8 Å². The van der Waals surface area contributed by atoms with Gasteiger partial charge in [0.15, 0.2) is 5.69 Å². The number of nitrogens with zero attached hydrogens (tertiary/aromatic N) is 4. The molecular weight excluding hydrogens is 346 g/mol. The van der Waals surface area contributed by atoms with E-state index < -0.39 is 17.9 Å². The molecule has 0 saturated carbocycles. The number of aliphatic carboxylic acids is 1. The number of pyridine rings is 1. The van der Waals surface area contributed by atoms with Crippen molar-refractivity contribution in [3.63, 3.8) is 0 Å². The molecule has 3 rings (SSSR count). The van der Waals surface area contributed by atoms with Crippen LogP contribution in [0.25, 0.3) is 16.6 Å². The number of carboxylic acids is 1. The Kier molecular flexibility index (Phi) is 5.44. The zero-order valence-electron chi connectivity index (χ0n) is 15.2. The van der Waals surface area contributed by atoms with Crippen molar-refractivity contribution < 1.29 is 14.7 Å². The minimum atomic E-state index is -1.05. The summed E-state index contributed by atoms with van der Waals surface area (Å²) in [7, 11) is 0. The average molecular weight is 367 g/mol. The lowest BCUT2D eigenvalue weighted by Crippen LogP contribution is -2.41. The van der Waals surface area contributed by atoms with Crippen LogP contribution in [-0.2, 0) is 4.79 Å². The molecule has 3 aromatic rings. The largest absolute Gasteiger partial charge is 0.480 e. The zero-order chi connectivity index (χ0) is 19.4. The predicted molar refractivity (Wildman–Crippen MR) is 99.8 cm³/mol. The Morgan fingerprint density at radius 1 is 1.26 bits per heavy atom. The van der Waals surface area contributed by atoms with Crippen molar-refractivity contribution in [1.82, 2.24) is 25.3 Å². The number of carbonyl (C=O) groups is 2. The third-order valence-corrected chi connectivity index (χ3v) is 4.41. The van der Waals surface area contributed by atoms with Gasteiger partial charge < -0.3 is 10.4 Å². The molecule has 140 valence electrons. The highest BCUT2D eigenvalue weighted by atomic mass is 16.4. The van der Waals surface area contributed by atoms with E-state index in [1.54, 1.807) is 17.8 Å². The zero-order valence-corrected chi connectivity index (χ0v) is 15.2. The lowest BCUT2D eigenvalue weighted by molar-refractivity contribution is -0.139. The molecule has 0 bridgehead atoms. The van der Waals surface area contributed by atoms with Crippen LogP contribution in [0.3, 0.4) is 0 Å². The summed E-state index contributed by atoms with van der Waals surface area (Å²) in [4.78, 5) is 28.2. The Balaban J connectivity index is 1.90. The summed E-state index contributed by atoms with van der Waals surface area (Å²) >= 11 is 0. The Labute approximate surface area is 156 Å². The summed E-state index contributed by atoms with van der Waals surface area (Å²) in [5.74, 6) is -1.59. The molecule has 0 saturated heterocycles. The van der Waals surface area contributed by atoms with Crippen molar-refractivity contribution in [2.24, 2.45) is 0 Å². The number of hydrogen-bond acceptors (Lipinski definition) is 5. The summed E-state index contributed by atoms with van der Waals surface area (Å²) < 4.78 is 1.57. The van der Waals surface area contributed by atoms with Gasteiger partial charge in [0.1, 0.15) is 6.04 Å². The van der Waals surface area contributed by atoms with Crippen molar-refractivity contribution in [3.8, 4) is 5.69 Å². The molecule has 0 spiro atoms. The summed E-state index contributed by atoms with van der Waals surface area (Å²) in [6.07, 6.45) is 3.65. The van der Waals surface area contributed by atoms with Crippen molar-refractivity contribution in [2.75, 3.05) is 0 Å². The van der Waals surface area contributed by atoms with E-state index in [-0.39, 0.29) is 5.69 Å². The van der Waals surface area contributed by atoms with Crippen LogP contribution in [0.4, 0.5) is 0 Å². The lowest BCUT2D eigenvalue weighted by atomic mass is 10.1. The fourth-order valence-corrected chi connectivity index (χ4v) is 2.93. The Morgan fingerprint density at radius 2 is 2.07 bits per heavy atom. The van der Waals surface area contributed by atoms with Gasteiger partial charge in [-0.2, -0.15) is 0 Å². The highest BCUT2D eigenvalue weighted by molar-refractivity contribution is 5.96. The number of carboxylic acid groups (broad SMARTS) is 1. The molecule has 2 aromatic heterocycles. The number of unbranched alkanes of at least 4 members (excludes halogenated alkanes) is 1. The highest BCUT2D eigenvalue weighted by Crippen LogP contribution is 2.21. The molecule has 1 atom stereocenters. The summed E-state index contributed by atoms with van der Waals surface area (Å²) in [5, 5.41) is 20.8. The van der Waals surface area contributed by atoms with E-state index in [0.717, 1.165) is 23.0 Å². The van der Waals surface area contributed by atoms with E-state index in [9.17, 15) is 14.7 Å². The topological polar surface area (TPSA) is 110 Å². The van der Waals surface area contributed by atoms with Gasteiger partial charge in [0, 0.05) is 11.6 Å². The second-order valence-electron chi connectivity index (χ2n) is 6.29. The summed E-state index contributed by atoms with van der Waals surface area (Å²) in [6.45, 7) is 3.70. The molecule has 1 amide bonds. The van der Waals surface area contributed by atoms with E-state index in [0.29, 0.717) is 18.5 Å². The van der Waals surface area contributed by atoms with Gasteiger partial charge in [0.2, 0.25) is 0 Å². The first-order valence-corrected chi connectivity index (χ1v) is 8.83. The van der Waals surface area contributed by atoms with Gasteiger partial charge in [0.05, 0.1) is 16.9 Å². The van der Waals surface area contributed by atoms with Crippen LogP contribution in [-0.4, -0.2) is 43.0 Å². The van der Waals surface area contributed by atoms with Crippen molar-refractivity contribution in [2.45, 2.75) is 39.2 Å². The Morgan fingerprint density at radius 3 is 2.81 bits per heavy atom. The van der Waals surface area contributed by atoms with Crippen LogP contribution in [0.5, 0.6) is 0 Å². The molecule has 0 radical (unpaired) electrons. The van der Waals surface area contributed by atoms with Gasteiger partial charge in [-0.3, -0.25) is 9.78 Å². The number of fused-ring (bicyclic) bond motifs is 1. The van der Waals surface area contributed by atoms with Crippen LogP contribution < -0.4 is 5.32 Å². The van der Waals surface area contributed by atoms with E-state index >= 15 is 0 Å². The molecule has 1 unspecified atom stereocenters. The molecule has 8 heteroatoms. The van der Waals surface area contributed by atoms with Crippen LogP contribution in [0.15, 0.2) is 36.5 Å². The van der Waals surface area contributed by atoms with Crippen molar-refractivity contribution in [3.05, 3.63) is 47.9 Å². The minimum Gasteiger partial charge on any atom is -0.480 e. The maximum atomic E-state index is 12.5. The number of aromatic nitrogens is 4. The predicted octanol–water partition coefficient (Wildman–Crippen LogP) is 2.50. The summed E-state index contributed by atoms with van der Waals surface area (Å²) in [5.41, 5.74) is 2.20. The minimum absolute atomic E-state index is 0.110. The third-order valence-electron chi connectivity index (χ3n) is 4.41. The molecule has 0 fully saturated rings. The normalized spacial score (nSPS) is 12.1. The molecule has 2 heterocycles. The quantitative estimate of drug-likeness (QED) is 0.664. The SMILES string of the molecule is CCCCC(NC(=O)c1nnn(-c2cccc3ncccc23)c1C)C(=O)O. The van der Waals surface area contributed by atoms with Crippen LogP contribution in [0.2, 0.25) is 0 Å². The second kappa shape index (κ2) is 7.94. The highest BCUT2D eigenvalue weighted by Gasteiger charge is 2.24. The van der Waals surface area contributed by atoms with Gasteiger partial charge >= 0.3 is 5.97 Å². The number of carbonyl (C=O) groups excluding carboxylic acids is 1. The Bertz CT molecular complexity index is 977. The molecule has 8 nitrogen and oxygen atoms in total. The van der Waals surface area contributed by atoms with Gasteiger partial charge in [-0.05, 0) is 37.6 Å². The fraction of sp³-hybridized carbons (Fsp3) is 0.316. The molecule has 2 N–H and O–H groups in total. The maximum Gasteiger partial charge on any atom is 0.326 e. The first-order chi connectivity index (χ1) is 13.0. The molecule has 0 aliphatic rings. The van der Waals surface area contributed by atoms with Crippen LogP contribution in [0, 0.1) is 6.92 Å². The molecule has 27 heavy (non-hydrogen) atoms. The first kappa shape index (κ1) is 18.5.